The number of halogens is 1. The Morgan fingerprint density at radius 2 is 1.83 bits per heavy atom. The third-order valence-corrected chi connectivity index (χ3v) is 4.84. The summed E-state index contributed by atoms with van der Waals surface area (Å²) in [6, 6.07) is 12.9. The molecule has 0 aliphatic rings. The van der Waals surface area contributed by atoms with Gasteiger partial charge in [0.1, 0.15) is 6.61 Å². The molecule has 0 amide bonds. The third kappa shape index (κ3) is 5.25. The van der Waals surface area contributed by atoms with E-state index in [0.717, 1.165) is 40.1 Å². The van der Waals surface area contributed by atoms with E-state index in [9.17, 15) is 0 Å². The van der Waals surface area contributed by atoms with Gasteiger partial charge in [-0.2, -0.15) is 0 Å². The van der Waals surface area contributed by atoms with E-state index in [-0.39, 0.29) is 0 Å². The number of hydrogen-bond acceptors (Lipinski definition) is 3. The number of benzene rings is 2. The van der Waals surface area contributed by atoms with Crippen molar-refractivity contribution in [2.75, 3.05) is 7.11 Å². The Kier molecular flexibility index (Phi) is 7.13. The molecule has 0 aromatic heterocycles. The first-order chi connectivity index (χ1) is 11.5. The normalized spacial score (nSPS) is 12.0. The number of hydrogen-bond donors (Lipinski definition) is 1. The summed E-state index contributed by atoms with van der Waals surface area (Å²) in [5.41, 5.74) is 3.55. The van der Waals surface area contributed by atoms with Crippen molar-refractivity contribution in [2.45, 2.75) is 46.4 Å². The van der Waals surface area contributed by atoms with Gasteiger partial charge in [0.05, 0.1) is 7.11 Å². The standard InChI is InChI=1S/C20H26BrNO2/c1-5-15(3)22-12-17-10-19(23-4)20(11-18(17)21)24-13-16-8-6-14(2)7-9-16/h6-11,15,22H,5,12-13H2,1-4H3. The van der Waals surface area contributed by atoms with Crippen LogP contribution in [0.15, 0.2) is 40.9 Å². The molecule has 24 heavy (non-hydrogen) atoms. The number of nitrogens with one attached hydrogen (secondary N) is 1. The maximum atomic E-state index is 5.96. The average Bonchev–Trinajstić information content (AvgIpc) is 2.60. The zero-order valence-electron chi connectivity index (χ0n) is 14.9. The molecule has 2 aromatic carbocycles. The van der Waals surface area contributed by atoms with Crippen molar-refractivity contribution >= 4 is 15.9 Å². The summed E-state index contributed by atoms with van der Waals surface area (Å²) in [4.78, 5) is 0. The molecule has 2 aromatic rings. The summed E-state index contributed by atoms with van der Waals surface area (Å²) >= 11 is 3.64. The molecule has 0 aliphatic heterocycles. The van der Waals surface area contributed by atoms with Gasteiger partial charge in [-0.1, -0.05) is 52.7 Å². The molecule has 1 atom stereocenters. The van der Waals surface area contributed by atoms with Crippen molar-refractivity contribution in [2.24, 2.45) is 0 Å². The van der Waals surface area contributed by atoms with Gasteiger partial charge < -0.3 is 14.8 Å². The molecule has 0 radical (unpaired) electrons. The summed E-state index contributed by atoms with van der Waals surface area (Å²) in [6.45, 7) is 7.76. The number of methoxy groups -OCH3 is 1. The van der Waals surface area contributed by atoms with Crippen LogP contribution in [0.4, 0.5) is 0 Å². The number of aryl methyl sites for hydroxylation is 1. The Labute approximate surface area is 153 Å². The second-order valence-electron chi connectivity index (χ2n) is 6.06. The van der Waals surface area contributed by atoms with Crippen molar-refractivity contribution < 1.29 is 9.47 Å². The lowest BCUT2D eigenvalue weighted by molar-refractivity contribution is 0.284. The van der Waals surface area contributed by atoms with Crippen LogP contribution in [0.25, 0.3) is 0 Å². The van der Waals surface area contributed by atoms with Crippen LogP contribution in [-0.4, -0.2) is 13.2 Å². The van der Waals surface area contributed by atoms with Crippen molar-refractivity contribution in [1.82, 2.24) is 5.32 Å². The van der Waals surface area contributed by atoms with Gasteiger partial charge in [-0.15, -0.1) is 0 Å². The van der Waals surface area contributed by atoms with Crippen LogP contribution in [0.3, 0.4) is 0 Å². The highest BCUT2D eigenvalue weighted by Gasteiger charge is 2.11. The van der Waals surface area contributed by atoms with Gasteiger partial charge >= 0.3 is 0 Å². The van der Waals surface area contributed by atoms with E-state index in [0.29, 0.717) is 12.6 Å². The van der Waals surface area contributed by atoms with Crippen molar-refractivity contribution in [1.29, 1.82) is 0 Å². The molecule has 0 saturated heterocycles. The summed E-state index contributed by atoms with van der Waals surface area (Å²) in [5, 5.41) is 3.50. The van der Waals surface area contributed by atoms with E-state index in [1.807, 2.05) is 12.1 Å². The number of rotatable bonds is 8. The Bertz CT molecular complexity index is 655. The lowest BCUT2D eigenvalue weighted by Gasteiger charge is -2.16. The van der Waals surface area contributed by atoms with E-state index < -0.39 is 0 Å². The van der Waals surface area contributed by atoms with Crippen LogP contribution in [0.5, 0.6) is 11.5 Å². The molecular formula is C20H26BrNO2. The predicted octanol–water partition coefficient (Wildman–Crippen LogP) is 5.23. The third-order valence-electron chi connectivity index (χ3n) is 4.10. The lowest BCUT2D eigenvalue weighted by Crippen LogP contribution is -2.24. The van der Waals surface area contributed by atoms with E-state index in [1.54, 1.807) is 7.11 Å². The number of ether oxygens (including phenoxy) is 2. The fourth-order valence-electron chi connectivity index (χ4n) is 2.26. The van der Waals surface area contributed by atoms with Gasteiger partial charge in [-0.3, -0.25) is 0 Å². The highest BCUT2D eigenvalue weighted by molar-refractivity contribution is 9.10. The van der Waals surface area contributed by atoms with Crippen molar-refractivity contribution in [3.8, 4) is 11.5 Å². The van der Waals surface area contributed by atoms with Gasteiger partial charge in [-0.25, -0.2) is 0 Å². The van der Waals surface area contributed by atoms with Crippen LogP contribution in [0.1, 0.15) is 37.0 Å². The van der Waals surface area contributed by atoms with Gasteiger partial charge in [-0.05, 0) is 43.5 Å². The largest absolute Gasteiger partial charge is 0.493 e. The summed E-state index contributed by atoms with van der Waals surface area (Å²) in [5.74, 6) is 1.50. The summed E-state index contributed by atoms with van der Waals surface area (Å²) in [7, 11) is 1.67. The maximum absolute atomic E-state index is 5.96. The smallest absolute Gasteiger partial charge is 0.162 e. The summed E-state index contributed by atoms with van der Waals surface area (Å²) in [6.07, 6.45) is 1.10. The van der Waals surface area contributed by atoms with Crippen LogP contribution < -0.4 is 14.8 Å². The van der Waals surface area contributed by atoms with Crippen LogP contribution >= 0.6 is 15.9 Å². The predicted molar refractivity (Wildman–Crippen MR) is 103 cm³/mol. The molecule has 4 heteroatoms. The average molecular weight is 392 g/mol. The maximum Gasteiger partial charge on any atom is 0.162 e. The fraction of sp³-hybridized carbons (Fsp3) is 0.400. The highest BCUT2D eigenvalue weighted by atomic mass is 79.9. The second-order valence-corrected chi connectivity index (χ2v) is 6.91. The van der Waals surface area contributed by atoms with E-state index in [2.05, 4.69) is 66.3 Å². The molecule has 2 rings (SSSR count). The fourth-order valence-corrected chi connectivity index (χ4v) is 2.72. The zero-order valence-corrected chi connectivity index (χ0v) is 16.4. The first-order valence-corrected chi connectivity index (χ1v) is 9.11. The first-order valence-electron chi connectivity index (χ1n) is 8.31. The monoisotopic (exact) mass is 391 g/mol. The molecule has 0 spiro atoms. The molecule has 0 aliphatic carbocycles. The Morgan fingerprint density at radius 3 is 2.46 bits per heavy atom. The zero-order chi connectivity index (χ0) is 17.5. The van der Waals surface area contributed by atoms with E-state index in [4.69, 9.17) is 9.47 Å². The van der Waals surface area contributed by atoms with Gasteiger partial charge in [0.15, 0.2) is 11.5 Å². The van der Waals surface area contributed by atoms with Crippen LogP contribution in [0.2, 0.25) is 0 Å². The molecule has 130 valence electrons. The quantitative estimate of drug-likeness (QED) is 0.667. The minimum Gasteiger partial charge on any atom is -0.493 e. The SMILES string of the molecule is CCC(C)NCc1cc(OC)c(OCc2ccc(C)cc2)cc1Br. The van der Waals surface area contributed by atoms with Gasteiger partial charge in [0.25, 0.3) is 0 Å². The minimum atomic E-state index is 0.486. The Morgan fingerprint density at radius 1 is 1.12 bits per heavy atom. The molecular weight excluding hydrogens is 366 g/mol. The molecule has 3 nitrogen and oxygen atoms in total. The van der Waals surface area contributed by atoms with Crippen molar-refractivity contribution in [3.63, 3.8) is 0 Å². The molecule has 0 fully saturated rings. The molecule has 0 saturated carbocycles. The second kappa shape index (κ2) is 9.09. The first kappa shape index (κ1) is 18.8. The van der Waals surface area contributed by atoms with Crippen molar-refractivity contribution in [3.05, 3.63) is 57.6 Å². The van der Waals surface area contributed by atoms with Gasteiger partial charge in [0, 0.05) is 17.1 Å². The van der Waals surface area contributed by atoms with Crippen LogP contribution in [-0.2, 0) is 13.2 Å². The van der Waals surface area contributed by atoms with E-state index >= 15 is 0 Å². The van der Waals surface area contributed by atoms with E-state index in [1.165, 1.54) is 5.56 Å². The molecule has 0 heterocycles. The molecule has 0 bridgehead atoms. The highest BCUT2D eigenvalue weighted by Crippen LogP contribution is 2.34. The summed E-state index contributed by atoms with van der Waals surface area (Å²) < 4.78 is 12.5. The molecule has 1 N–H and O–H groups in total. The Hall–Kier alpha value is -1.52. The van der Waals surface area contributed by atoms with Crippen LogP contribution in [0, 0.1) is 6.92 Å². The van der Waals surface area contributed by atoms with Gasteiger partial charge in [0.2, 0.25) is 0 Å². The minimum absolute atomic E-state index is 0.486. The lowest BCUT2D eigenvalue weighted by atomic mass is 10.1. The Balaban J connectivity index is 2.09. The topological polar surface area (TPSA) is 30.5 Å². The molecule has 1 unspecified atom stereocenters.